The van der Waals surface area contributed by atoms with Crippen molar-refractivity contribution in [3.63, 3.8) is 0 Å². The molecule has 0 aromatic carbocycles. The van der Waals surface area contributed by atoms with Gasteiger partial charge in [0.05, 0.1) is 12.2 Å². The topological polar surface area (TPSA) is 66.3 Å². The maximum atomic E-state index is 12.5. The molecule has 1 amide bonds. The average molecular weight is 306 g/mol. The maximum Gasteiger partial charge on any atom is 0.257 e. The lowest BCUT2D eigenvalue weighted by atomic mass is 10.1. The molecule has 106 valence electrons. The molecule has 0 bridgehead atoms. The zero-order valence-electron chi connectivity index (χ0n) is 10.9. The van der Waals surface area contributed by atoms with Crippen molar-refractivity contribution >= 4 is 29.1 Å². The van der Waals surface area contributed by atoms with Crippen LogP contribution in [0.5, 0.6) is 0 Å². The molecule has 1 heterocycles. The van der Waals surface area contributed by atoms with Crippen molar-refractivity contribution in [2.45, 2.75) is 32.7 Å². The number of aliphatic hydroxyl groups is 1. The summed E-state index contributed by atoms with van der Waals surface area (Å²) in [5.41, 5.74) is 0.210. The van der Waals surface area contributed by atoms with Crippen LogP contribution in [0.15, 0.2) is 6.07 Å². The summed E-state index contributed by atoms with van der Waals surface area (Å²) in [6.45, 7) is 4.13. The van der Waals surface area contributed by atoms with Gasteiger partial charge in [0.1, 0.15) is 0 Å². The summed E-state index contributed by atoms with van der Waals surface area (Å²) in [7, 11) is 0. The van der Waals surface area contributed by atoms with Crippen LogP contribution in [0.4, 0.5) is 0 Å². The Hall–Kier alpha value is -0.910. The Balaban J connectivity index is 3.08. The third-order valence-corrected chi connectivity index (χ3v) is 3.40. The fraction of sp³-hybridized carbons (Fsp3) is 0.583. The molecule has 0 aliphatic carbocycles. The van der Waals surface area contributed by atoms with Gasteiger partial charge in [-0.2, -0.15) is 0 Å². The van der Waals surface area contributed by atoms with Gasteiger partial charge in [-0.05, 0) is 18.9 Å². The van der Waals surface area contributed by atoms with Gasteiger partial charge >= 0.3 is 0 Å². The fourth-order valence-corrected chi connectivity index (χ4v) is 2.26. The van der Waals surface area contributed by atoms with E-state index in [1.54, 1.807) is 4.90 Å². The maximum absolute atomic E-state index is 12.5. The number of hydrogen-bond donors (Lipinski definition) is 1. The molecule has 5 nitrogen and oxygen atoms in total. The minimum Gasteiger partial charge on any atom is -0.395 e. The molecule has 0 aliphatic heterocycles. The molecular weight excluding hydrogens is 289 g/mol. The molecule has 0 fully saturated rings. The highest BCUT2D eigenvalue weighted by atomic mass is 35.5. The van der Waals surface area contributed by atoms with Crippen LogP contribution in [0.2, 0.25) is 10.3 Å². The van der Waals surface area contributed by atoms with E-state index in [2.05, 4.69) is 10.2 Å². The third-order valence-electron chi connectivity index (χ3n) is 2.93. The first-order chi connectivity index (χ1) is 9.04. The minimum atomic E-state index is -0.287. The van der Waals surface area contributed by atoms with Crippen molar-refractivity contribution in [2.24, 2.45) is 0 Å². The molecule has 0 atom stereocenters. The summed E-state index contributed by atoms with van der Waals surface area (Å²) in [4.78, 5) is 14.1. The Morgan fingerprint density at radius 1 is 1.37 bits per heavy atom. The van der Waals surface area contributed by atoms with E-state index < -0.39 is 0 Å². The van der Waals surface area contributed by atoms with Crippen LogP contribution in [0.25, 0.3) is 0 Å². The highest BCUT2D eigenvalue weighted by molar-refractivity contribution is 6.34. The van der Waals surface area contributed by atoms with E-state index in [9.17, 15) is 4.79 Å². The minimum absolute atomic E-state index is 0.0169. The van der Waals surface area contributed by atoms with Crippen LogP contribution in [0.1, 0.15) is 37.0 Å². The average Bonchev–Trinajstić information content (AvgIpc) is 2.41. The lowest BCUT2D eigenvalue weighted by Crippen LogP contribution is -2.41. The second-order valence-electron chi connectivity index (χ2n) is 4.06. The molecule has 1 aromatic heterocycles. The number of halogens is 2. The standard InChI is InChI=1S/C12H17Cl2N3O2/c1-3-8(4-2)17(5-6-18)12(19)9-7-10(13)15-16-11(9)14/h7-8,18H,3-6H2,1-2H3. The summed E-state index contributed by atoms with van der Waals surface area (Å²) in [5, 5.41) is 16.4. The molecule has 0 saturated carbocycles. The SMILES string of the molecule is CCC(CC)N(CCO)C(=O)c1cc(Cl)nnc1Cl. The Kier molecular flexibility index (Phi) is 6.48. The third kappa shape index (κ3) is 4.03. The number of nitrogens with zero attached hydrogens (tertiary/aromatic N) is 3. The molecule has 0 spiro atoms. The lowest BCUT2D eigenvalue weighted by Gasteiger charge is -2.30. The first-order valence-electron chi connectivity index (χ1n) is 6.15. The summed E-state index contributed by atoms with van der Waals surface area (Å²) in [5.74, 6) is -0.287. The molecule has 0 saturated heterocycles. The second kappa shape index (κ2) is 7.62. The van der Waals surface area contributed by atoms with E-state index in [0.717, 1.165) is 12.8 Å². The smallest absolute Gasteiger partial charge is 0.257 e. The van der Waals surface area contributed by atoms with Gasteiger partial charge in [-0.1, -0.05) is 37.0 Å². The number of carbonyl (C=O) groups excluding carboxylic acids is 1. The zero-order valence-corrected chi connectivity index (χ0v) is 12.4. The van der Waals surface area contributed by atoms with Crippen LogP contribution in [-0.4, -0.2) is 45.3 Å². The van der Waals surface area contributed by atoms with E-state index in [4.69, 9.17) is 28.3 Å². The van der Waals surface area contributed by atoms with Crippen LogP contribution in [-0.2, 0) is 0 Å². The molecule has 1 N–H and O–H groups in total. The van der Waals surface area contributed by atoms with Gasteiger partial charge < -0.3 is 10.0 Å². The van der Waals surface area contributed by atoms with Gasteiger partial charge in [0, 0.05) is 12.6 Å². The largest absolute Gasteiger partial charge is 0.395 e. The quantitative estimate of drug-likeness (QED) is 0.876. The Bertz CT molecular complexity index is 439. The second-order valence-corrected chi connectivity index (χ2v) is 4.81. The molecule has 0 unspecified atom stereocenters. The molecule has 7 heteroatoms. The van der Waals surface area contributed by atoms with Gasteiger partial charge in [0.2, 0.25) is 0 Å². The summed E-state index contributed by atoms with van der Waals surface area (Å²) in [6, 6.07) is 1.44. The molecule has 0 radical (unpaired) electrons. The number of aromatic nitrogens is 2. The monoisotopic (exact) mass is 305 g/mol. The Labute approximate surface area is 122 Å². The van der Waals surface area contributed by atoms with E-state index in [0.29, 0.717) is 0 Å². The summed E-state index contributed by atoms with van der Waals surface area (Å²) >= 11 is 11.6. The fourth-order valence-electron chi connectivity index (χ4n) is 1.94. The van der Waals surface area contributed by atoms with Crippen molar-refractivity contribution < 1.29 is 9.90 Å². The molecule has 0 aliphatic rings. The number of amides is 1. The van der Waals surface area contributed by atoms with Crippen molar-refractivity contribution in [1.82, 2.24) is 15.1 Å². The summed E-state index contributed by atoms with van der Waals surface area (Å²) < 4.78 is 0. The lowest BCUT2D eigenvalue weighted by molar-refractivity contribution is 0.0622. The molecule has 1 rings (SSSR count). The summed E-state index contributed by atoms with van der Waals surface area (Å²) in [6.07, 6.45) is 1.60. The van der Waals surface area contributed by atoms with Gasteiger partial charge in [-0.25, -0.2) is 0 Å². The van der Waals surface area contributed by atoms with E-state index in [1.165, 1.54) is 6.07 Å². The van der Waals surface area contributed by atoms with Crippen LogP contribution in [0.3, 0.4) is 0 Å². The first-order valence-corrected chi connectivity index (χ1v) is 6.91. The molecule has 1 aromatic rings. The first kappa shape index (κ1) is 16.1. The van der Waals surface area contributed by atoms with E-state index in [1.807, 2.05) is 13.8 Å². The van der Waals surface area contributed by atoms with Crippen molar-refractivity contribution in [2.75, 3.05) is 13.2 Å². The van der Waals surface area contributed by atoms with Gasteiger partial charge in [0.25, 0.3) is 5.91 Å². The van der Waals surface area contributed by atoms with Crippen molar-refractivity contribution in [1.29, 1.82) is 0 Å². The number of rotatable bonds is 6. The van der Waals surface area contributed by atoms with E-state index >= 15 is 0 Å². The van der Waals surface area contributed by atoms with Crippen molar-refractivity contribution in [3.8, 4) is 0 Å². The molecular formula is C12H17Cl2N3O2. The van der Waals surface area contributed by atoms with Crippen LogP contribution in [0, 0.1) is 0 Å². The van der Waals surface area contributed by atoms with Crippen LogP contribution < -0.4 is 0 Å². The van der Waals surface area contributed by atoms with Crippen LogP contribution >= 0.6 is 23.2 Å². The van der Waals surface area contributed by atoms with E-state index in [-0.39, 0.29) is 41.0 Å². The molecule has 19 heavy (non-hydrogen) atoms. The van der Waals surface area contributed by atoms with Gasteiger partial charge in [-0.15, -0.1) is 10.2 Å². The highest BCUT2D eigenvalue weighted by Crippen LogP contribution is 2.20. The number of hydrogen-bond acceptors (Lipinski definition) is 4. The predicted molar refractivity (Wildman–Crippen MR) is 74.5 cm³/mol. The zero-order chi connectivity index (χ0) is 14.4. The Morgan fingerprint density at radius 3 is 2.53 bits per heavy atom. The highest BCUT2D eigenvalue weighted by Gasteiger charge is 2.24. The normalized spacial score (nSPS) is 10.8. The van der Waals surface area contributed by atoms with Crippen molar-refractivity contribution in [3.05, 3.63) is 21.9 Å². The predicted octanol–water partition coefficient (Wildman–Crippen LogP) is 2.41. The number of aliphatic hydroxyl groups excluding tert-OH is 1. The van der Waals surface area contributed by atoms with Gasteiger partial charge in [0.15, 0.2) is 10.3 Å². The number of carbonyl (C=O) groups is 1. The Morgan fingerprint density at radius 2 is 2.00 bits per heavy atom. The van der Waals surface area contributed by atoms with Gasteiger partial charge in [-0.3, -0.25) is 4.79 Å².